The van der Waals surface area contributed by atoms with Crippen LogP contribution in [-0.4, -0.2) is 37.5 Å². The monoisotopic (exact) mass is 317 g/mol. The van der Waals surface area contributed by atoms with Crippen molar-refractivity contribution >= 4 is 15.7 Å². The van der Waals surface area contributed by atoms with Crippen LogP contribution >= 0.6 is 0 Å². The number of nitrogens with one attached hydrogen (secondary N) is 1. The van der Waals surface area contributed by atoms with Gasteiger partial charge in [0.15, 0.2) is 9.84 Å². The van der Waals surface area contributed by atoms with Crippen LogP contribution in [0.25, 0.3) is 0 Å². The molecule has 0 saturated carbocycles. The molecule has 1 aliphatic rings. The van der Waals surface area contributed by atoms with Crippen molar-refractivity contribution in [1.82, 2.24) is 5.48 Å². The van der Waals surface area contributed by atoms with Gasteiger partial charge < -0.3 is 4.74 Å². The first-order valence-electron chi connectivity index (χ1n) is 6.42. The molecule has 1 aromatic carbocycles. The zero-order valence-electron chi connectivity index (χ0n) is 11.2. The van der Waals surface area contributed by atoms with Gasteiger partial charge in [0.05, 0.1) is 9.64 Å². The smallest absolute Gasteiger partial charge is 0.244 e. The molecule has 0 aliphatic carbocycles. The van der Waals surface area contributed by atoms with Crippen LogP contribution in [0.2, 0.25) is 0 Å². The molecule has 6 nitrogen and oxygen atoms in total. The largest absolute Gasteiger partial charge is 0.381 e. The first-order valence-corrected chi connectivity index (χ1v) is 7.90. The summed E-state index contributed by atoms with van der Waals surface area (Å²) in [6.45, 7) is 0.415. The Morgan fingerprint density at radius 1 is 1.29 bits per heavy atom. The van der Waals surface area contributed by atoms with Crippen molar-refractivity contribution in [1.29, 1.82) is 0 Å². The Morgan fingerprint density at radius 3 is 2.38 bits per heavy atom. The fourth-order valence-corrected chi connectivity index (χ4v) is 4.50. The summed E-state index contributed by atoms with van der Waals surface area (Å²) in [5, 5.41) is 8.68. The Labute approximate surface area is 121 Å². The molecule has 0 atom stereocenters. The Bertz CT molecular complexity index is 608. The van der Waals surface area contributed by atoms with E-state index in [1.807, 2.05) is 0 Å². The van der Waals surface area contributed by atoms with Gasteiger partial charge in [-0.15, -0.1) is 0 Å². The second-order valence-electron chi connectivity index (χ2n) is 4.96. The molecule has 1 heterocycles. The standard InChI is InChI=1S/C13H16FNO5S/c14-10-1-3-11(4-2-10)21(18,19)13(9-12(16)15-17)5-7-20-8-6-13/h1-4,17H,5-9H2,(H,15,16). The number of carbonyl (C=O) groups excluding carboxylic acids is 1. The van der Waals surface area contributed by atoms with E-state index in [1.54, 1.807) is 0 Å². The Kier molecular flexibility index (Phi) is 4.60. The molecule has 1 fully saturated rings. The fourth-order valence-electron chi connectivity index (χ4n) is 2.48. The topological polar surface area (TPSA) is 92.7 Å². The van der Waals surface area contributed by atoms with Gasteiger partial charge in [0.1, 0.15) is 5.82 Å². The molecule has 2 rings (SSSR count). The van der Waals surface area contributed by atoms with Gasteiger partial charge in [-0.3, -0.25) is 10.0 Å². The summed E-state index contributed by atoms with van der Waals surface area (Å²) in [6, 6.07) is 4.48. The second-order valence-corrected chi connectivity index (χ2v) is 7.31. The fraction of sp³-hybridized carbons (Fsp3) is 0.462. The molecule has 1 amide bonds. The average Bonchev–Trinajstić information content (AvgIpc) is 2.48. The van der Waals surface area contributed by atoms with Crippen LogP contribution in [0.4, 0.5) is 4.39 Å². The van der Waals surface area contributed by atoms with E-state index in [0.717, 1.165) is 12.1 Å². The van der Waals surface area contributed by atoms with Crippen molar-refractivity contribution in [2.24, 2.45) is 0 Å². The van der Waals surface area contributed by atoms with Gasteiger partial charge in [0, 0.05) is 19.6 Å². The number of hydrogen-bond donors (Lipinski definition) is 2. The highest BCUT2D eigenvalue weighted by Crippen LogP contribution is 2.37. The Hall–Kier alpha value is -1.51. The molecule has 116 valence electrons. The van der Waals surface area contributed by atoms with E-state index in [4.69, 9.17) is 9.94 Å². The van der Waals surface area contributed by atoms with Crippen molar-refractivity contribution in [3.8, 4) is 0 Å². The predicted molar refractivity (Wildman–Crippen MR) is 70.9 cm³/mol. The predicted octanol–water partition coefficient (Wildman–Crippen LogP) is 1.04. The quantitative estimate of drug-likeness (QED) is 0.492. The molecule has 1 aliphatic heterocycles. The normalized spacial score (nSPS) is 18.2. The highest BCUT2D eigenvalue weighted by Gasteiger charge is 2.47. The van der Waals surface area contributed by atoms with Gasteiger partial charge in [0.25, 0.3) is 0 Å². The number of hydroxylamine groups is 1. The molecular formula is C13H16FNO5S. The number of carbonyl (C=O) groups is 1. The van der Waals surface area contributed by atoms with Crippen molar-refractivity contribution in [3.63, 3.8) is 0 Å². The van der Waals surface area contributed by atoms with Gasteiger partial charge in [-0.25, -0.2) is 18.3 Å². The molecule has 1 aromatic rings. The van der Waals surface area contributed by atoms with Crippen LogP contribution in [0.3, 0.4) is 0 Å². The zero-order valence-corrected chi connectivity index (χ0v) is 12.0. The zero-order chi connectivity index (χ0) is 15.5. The third kappa shape index (κ3) is 3.07. The van der Waals surface area contributed by atoms with E-state index in [9.17, 15) is 17.6 Å². The van der Waals surface area contributed by atoms with Crippen molar-refractivity contribution < 1.29 is 27.5 Å². The van der Waals surface area contributed by atoms with Crippen molar-refractivity contribution in [3.05, 3.63) is 30.1 Å². The summed E-state index contributed by atoms with van der Waals surface area (Å²) in [6.07, 6.45) is -0.0904. The number of sulfone groups is 1. The van der Waals surface area contributed by atoms with Crippen LogP contribution in [0.5, 0.6) is 0 Å². The lowest BCUT2D eigenvalue weighted by atomic mass is 9.95. The molecule has 0 spiro atoms. The number of rotatable bonds is 4. The van der Waals surface area contributed by atoms with Gasteiger partial charge in [-0.1, -0.05) is 0 Å². The summed E-state index contributed by atoms with van der Waals surface area (Å²) in [5.41, 5.74) is 1.47. The molecule has 21 heavy (non-hydrogen) atoms. The Balaban J connectivity index is 2.43. The highest BCUT2D eigenvalue weighted by molar-refractivity contribution is 7.92. The van der Waals surface area contributed by atoms with E-state index in [0.29, 0.717) is 0 Å². The van der Waals surface area contributed by atoms with Crippen LogP contribution in [0.15, 0.2) is 29.2 Å². The second kappa shape index (κ2) is 6.08. The van der Waals surface area contributed by atoms with E-state index in [1.165, 1.54) is 17.6 Å². The maximum atomic E-state index is 13.0. The van der Waals surface area contributed by atoms with Crippen LogP contribution in [0.1, 0.15) is 19.3 Å². The number of amides is 1. The van der Waals surface area contributed by atoms with E-state index >= 15 is 0 Å². The van der Waals surface area contributed by atoms with Crippen LogP contribution in [0, 0.1) is 5.82 Å². The molecule has 8 heteroatoms. The third-order valence-corrected chi connectivity index (χ3v) is 6.29. The van der Waals surface area contributed by atoms with E-state index in [-0.39, 0.29) is 37.4 Å². The summed E-state index contributed by atoms with van der Waals surface area (Å²) in [7, 11) is -3.86. The van der Waals surface area contributed by atoms with Gasteiger partial charge in [-0.05, 0) is 37.1 Å². The molecule has 0 unspecified atom stereocenters. The first kappa shape index (κ1) is 15.9. The molecular weight excluding hydrogens is 301 g/mol. The average molecular weight is 317 g/mol. The van der Waals surface area contributed by atoms with Crippen molar-refractivity contribution in [2.45, 2.75) is 28.9 Å². The number of benzene rings is 1. The maximum absolute atomic E-state index is 13.0. The van der Waals surface area contributed by atoms with E-state index in [2.05, 4.69) is 0 Å². The molecule has 2 N–H and O–H groups in total. The number of halogens is 1. The van der Waals surface area contributed by atoms with Gasteiger partial charge >= 0.3 is 0 Å². The molecule has 0 radical (unpaired) electrons. The summed E-state index contributed by atoms with van der Waals surface area (Å²) >= 11 is 0. The lowest BCUT2D eigenvalue weighted by Crippen LogP contribution is -2.47. The SMILES string of the molecule is O=C(CC1(S(=O)(=O)c2ccc(F)cc2)CCOCC1)NO. The Morgan fingerprint density at radius 2 is 1.86 bits per heavy atom. The third-order valence-electron chi connectivity index (χ3n) is 3.71. The van der Waals surface area contributed by atoms with Crippen LogP contribution in [-0.2, 0) is 19.4 Å². The van der Waals surface area contributed by atoms with Gasteiger partial charge in [-0.2, -0.15) is 0 Å². The number of ether oxygens (including phenoxy) is 1. The summed E-state index contributed by atoms with van der Waals surface area (Å²) < 4.78 is 42.4. The number of hydrogen-bond acceptors (Lipinski definition) is 5. The summed E-state index contributed by atoms with van der Waals surface area (Å²) in [5.74, 6) is -1.31. The summed E-state index contributed by atoms with van der Waals surface area (Å²) in [4.78, 5) is 11.4. The minimum atomic E-state index is -3.86. The molecule has 0 aromatic heterocycles. The first-order chi connectivity index (χ1) is 9.91. The minimum Gasteiger partial charge on any atom is -0.381 e. The lowest BCUT2D eigenvalue weighted by Gasteiger charge is -2.35. The van der Waals surface area contributed by atoms with Crippen LogP contribution < -0.4 is 5.48 Å². The van der Waals surface area contributed by atoms with Crippen molar-refractivity contribution in [2.75, 3.05) is 13.2 Å². The lowest BCUT2D eigenvalue weighted by molar-refractivity contribution is -0.130. The van der Waals surface area contributed by atoms with E-state index < -0.39 is 26.3 Å². The minimum absolute atomic E-state index is 0.0449. The highest BCUT2D eigenvalue weighted by atomic mass is 32.2. The molecule has 1 saturated heterocycles. The van der Waals surface area contributed by atoms with Gasteiger partial charge in [0.2, 0.25) is 5.91 Å². The molecule has 0 bridgehead atoms. The maximum Gasteiger partial charge on any atom is 0.244 e.